The molecule has 0 aliphatic heterocycles. The van der Waals surface area contributed by atoms with Crippen LogP contribution in [0.1, 0.15) is 11.3 Å². The van der Waals surface area contributed by atoms with Crippen molar-refractivity contribution in [2.24, 2.45) is 0 Å². The average Bonchev–Trinajstić information content (AvgIpc) is 2.10. The third kappa shape index (κ3) is 3.37. The number of halogens is 5. The van der Waals surface area contributed by atoms with E-state index in [0.29, 0.717) is 14.8 Å². The van der Waals surface area contributed by atoms with Gasteiger partial charge in [-0.15, -0.1) is 24.8 Å². The number of hydrogen-bond acceptors (Lipinski definition) is 2. The van der Waals surface area contributed by atoms with Gasteiger partial charge in [0.1, 0.15) is 0 Å². The molecule has 2 nitrogen and oxygen atoms in total. The molecule has 0 unspecified atom stereocenters. The zero-order valence-electron chi connectivity index (χ0n) is 7.53. The fourth-order valence-electron chi connectivity index (χ4n) is 0.954. The largest absolute Gasteiger partial charge is 0.573 e. The normalized spacial score (nSPS) is 11.6. The summed E-state index contributed by atoms with van der Waals surface area (Å²) in [5.74, 6) is -0.389. The first-order chi connectivity index (χ1) is 6.85. The molecule has 0 amide bonds. The van der Waals surface area contributed by atoms with Crippen molar-refractivity contribution < 1.29 is 17.9 Å². The van der Waals surface area contributed by atoms with Crippen LogP contribution in [0.4, 0.5) is 13.2 Å². The Morgan fingerprint density at radius 3 is 2.60 bits per heavy atom. The van der Waals surface area contributed by atoms with E-state index in [1.165, 1.54) is 0 Å². The molecule has 1 aromatic rings. The summed E-state index contributed by atoms with van der Waals surface area (Å²) in [4.78, 5) is 3.78. The first-order valence-electron chi connectivity index (χ1n) is 3.81. The van der Waals surface area contributed by atoms with Gasteiger partial charge in [0.15, 0.2) is 5.75 Å². The van der Waals surface area contributed by atoms with Crippen molar-refractivity contribution in [3.05, 3.63) is 21.0 Å². The predicted molar refractivity (Wildman–Crippen MR) is 57.9 cm³/mol. The van der Waals surface area contributed by atoms with Crippen LogP contribution in [-0.2, 0) is 5.88 Å². The number of ether oxygens (including phenoxy) is 1. The van der Waals surface area contributed by atoms with Gasteiger partial charge in [-0.1, -0.05) is 0 Å². The van der Waals surface area contributed by atoms with Gasteiger partial charge in [0.05, 0.1) is 17.8 Å². The van der Waals surface area contributed by atoms with Crippen LogP contribution in [0.15, 0.2) is 6.20 Å². The number of rotatable bonds is 2. The standard InChI is InChI=1S/C8H6ClF3INO/c1-4-7(13)5(2-9)6(3-14-4)15-8(10,11)12/h3H,2H2,1H3. The van der Waals surface area contributed by atoms with E-state index in [9.17, 15) is 13.2 Å². The summed E-state index contributed by atoms with van der Waals surface area (Å²) in [5, 5.41) is 0. The van der Waals surface area contributed by atoms with Crippen molar-refractivity contribution in [1.29, 1.82) is 0 Å². The molecular formula is C8H6ClF3INO. The molecular weight excluding hydrogens is 345 g/mol. The molecule has 84 valence electrons. The van der Waals surface area contributed by atoms with Crippen LogP contribution in [0, 0.1) is 10.5 Å². The van der Waals surface area contributed by atoms with E-state index in [1.807, 2.05) is 22.6 Å². The quantitative estimate of drug-likeness (QED) is 0.600. The van der Waals surface area contributed by atoms with Gasteiger partial charge in [0.25, 0.3) is 0 Å². The van der Waals surface area contributed by atoms with Gasteiger partial charge in [0, 0.05) is 9.13 Å². The molecule has 0 aliphatic carbocycles. The maximum absolute atomic E-state index is 12.0. The number of alkyl halides is 4. The zero-order valence-corrected chi connectivity index (χ0v) is 10.4. The van der Waals surface area contributed by atoms with Crippen LogP contribution < -0.4 is 4.74 Å². The van der Waals surface area contributed by atoms with Gasteiger partial charge in [-0.2, -0.15) is 0 Å². The summed E-state index contributed by atoms with van der Waals surface area (Å²) in [6.45, 7) is 1.69. The molecule has 15 heavy (non-hydrogen) atoms. The van der Waals surface area contributed by atoms with Crippen molar-refractivity contribution >= 4 is 34.2 Å². The van der Waals surface area contributed by atoms with Crippen molar-refractivity contribution in [2.75, 3.05) is 0 Å². The number of aryl methyl sites for hydroxylation is 1. The van der Waals surface area contributed by atoms with Crippen LogP contribution in [-0.4, -0.2) is 11.3 Å². The molecule has 0 N–H and O–H groups in total. The highest BCUT2D eigenvalue weighted by Crippen LogP contribution is 2.30. The number of pyridine rings is 1. The van der Waals surface area contributed by atoms with Crippen LogP contribution >= 0.6 is 34.2 Å². The van der Waals surface area contributed by atoms with Gasteiger partial charge in [0.2, 0.25) is 0 Å². The van der Waals surface area contributed by atoms with E-state index in [2.05, 4.69) is 9.72 Å². The smallest absolute Gasteiger partial charge is 0.404 e. The third-order valence-corrected chi connectivity index (χ3v) is 3.31. The second-order valence-corrected chi connectivity index (χ2v) is 4.03. The lowest BCUT2D eigenvalue weighted by Gasteiger charge is -2.13. The minimum absolute atomic E-state index is 0.0486. The van der Waals surface area contributed by atoms with Crippen LogP contribution in [0.5, 0.6) is 5.75 Å². The minimum Gasteiger partial charge on any atom is -0.404 e. The Kier molecular flexibility index (Phi) is 4.05. The highest BCUT2D eigenvalue weighted by atomic mass is 127. The molecule has 0 saturated carbocycles. The van der Waals surface area contributed by atoms with E-state index in [-0.39, 0.29) is 11.6 Å². The molecule has 0 atom stereocenters. The SMILES string of the molecule is Cc1ncc(OC(F)(F)F)c(CCl)c1I. The lowest BCUT2D eigenvalue weighted by Crippen LogP contribution is -2.18. The molecule has 0 aliphatic rings. The van der Waals surface area contributed by atoms with Gasteiger partial charge >= 0.3 is 6.36 Å². The van der Waals surface area contributed by atoms with E-state index in [4.69, 9.17) is 11.6 Å². The second kappa shape index (κ2) is 4.73. The Morgan fingerprint density at radius 2 is 2.13 bits per heavy atom. The fraction of sp³-hybridized carbons (Fsp3) is 0.375. The molecule has 1 aromatic heterocycles. The van der Waals surface area contributed by atoms with Crippen LogP contribution in [0.25, 0.3) is 0 Å². The highest BCUT2D eigenvalue weighted by molar-refractivity contribution is 14.1. The van der Waals surface area contributed by atoms with Crippen molar-refractivity contribution in [2.45, 2.75) is 19.2 Å². The topological polar surface area (TPSA) is 22.1 Å². The maximum Gasteiger partial charge on any atom is 0.573 e. The monoisotopic (exact) mass is 351 g/mol. The Hall–Kier alpha value is -0.240. The number of hydrogen-bond donors (Lipinski definition) is 0. The van der Waals surface area contributed by atoms with Gasteiger partial charge in [-0.3, -0.25) is 4.98 Å². The van der Waals surface area contributed by atoms with Crippen LogP contribution in [0.3, 0.4) is 0 Å². The molecule has 0 saturated heterocycles. The summed E-state index contributed by atoms with van der Waals surface area (Å²) < 4.78 is 40.4. The second-order valence-electron chi connectivity index (χ2n) is 2.68. The van der Waals surface area contributed by atoms with Gasteiger partial charge < -0.3 is 4.74 Å². The van der Waals surface area contributed by atoms with E-state index in [0.717, 1.165) is 6.20 Å². The van der Waals surface area contributed by atoms with E-state index in [1.54, 1.807) is 6.92 Å². The van der Waals surface area contributed by atoms with Gasteiger partial charge in [-0.25, -0.2) is 0 Å². The minimum atomic E-state index is -4.72. The van der Waals surface area contributed by atoms with E-state index < -0.39 is 6.36 Å². The maximum atomic E-state index is 12.0. The third-order valence-electron chi connectivity index (χ3n) is 1.61. The first kappa shape index (κ1) is 12.8. The molecule has 0 radical (unpaired) electrons. The predicted octanol–water partition coefficient (Wildman–Crippen LogP) is 3.63. The van der Waals surface area contributed by atoms with Crippen molar-refractivity contribution in [1.82, 2.24) is 4.98 Å². The zero-order chi connectivity index (χ0) is 11.6. The Morgan fingerprint density at radius 1 is 1.53 bits per heavy atom. The van der Waals surface area contributed by atoms with Crippen molar-refractivity contribution in [3.8, 4) is 5.75 Å². The first-order valence-corrected chi connectivity index (χ1v) is 5.42. The fourth-order valence-corrected chi connectivity index (χ4v) is 2.04. The highest BCUT2D eigenvalue weighted by Gasteiger charge is 2.32. The lowest BCUT2D eigenvalue weighted by atomic mass is 10.2. The molecule has 1 heterocycles. The Bertz CT molecular complexity index is 370. The summed E-state index contributed by atoms with van der Waals surface area (Å²) in [6.07, 6.45) is -3.69. The van der Waals surface area contributed by atoms with E-state index >= 15 is 0 Å². The molecule has 7 heteroatoms. The Balaban J connectivity index is 3.14. The molecule has 1 rings (SSSR count). The Labute approximate surface area is 103 Å². The lowest BCUT2D eigenvalue weighted by molar-refractivity contribution is -0.275. The molecule has 0 fully saturated rings. The number of nitrogens with zero attached hydrogens (tertiary/aromatic N) is 1. The summed E-state index contributed by atoms with van der Waals surface area (Å²) in [7, 11) is 0. The molecule has 0 aromatic carbocycles. The summed E-state index contributed by atoms with van der Waals surface area (Å²) in [5.41, 5.74) is 0.933. The van der Waals surface area contributed by atoms with Crippen LogP contribution in [0.2, 0.25) is 0 Å². The summed E-state index contributed by atoms with van der Waals surface area (Å²) >= 11 is 7.45. The number of aromatic nitrogens is 1. The average molecular weight is 351 g/mol. The van der Waals surface area contributed by atoms with Crippen molar-refractivity contribution in [3.63, 3.8) is 0 Å². The molecule has 0 bridgehead atoms. The molecule has 0 spiro atoms. The summed E-state index contributed by atoms with van der Waals surface area (Å²) in [6, 6.07) is 0. The van der Waals surface area contributed by atoms with Gasteiger partial charge in [-0.05, 0) is 29.5 Å².